The Labute approximate surface area is 130 Å². The van der Waals surface area contributed by atoms with Gasteiger partial charge >= 0.3 is 5.97 Å². The number of rotatable bonds is 5. The van der Waals surface area contributed by atoms with E-state index in [1.54, 1.807) is 23.0 Å². The maximum absolute atomic E-state index is 12.2. The third kappa shape index (κ3) is 3.65. The van der Waals surface area contributed by atoms with Gasteiger partial charge in [0.1, 0.15) is 0 Å². The number of aromatic carboxylic acids is 1. The monoisotopic (exact) mass is 324 g/mol. The highest BCUT2D eigenvalue weighted by Crippen LogP contribution is 2.27. The summed E-state index contributed by atoms with van der Waals surface area (Å²) in [5.41, 5.74) is -0.178. The molecule has 1 heterocycles. The average Bonchev–Trinajstić information content (AvgIpc) is 2.45. The maximum atomic E-state index is 12.2. The number of nitrogens with zero attached hydrogens (tertiary/aromatic N) is 2. The van der Waals surface area contributed by atoms with Crippen molar-refractivity contribution in [1.29, 1.82) is 0 Å². The van der Waals surface area contributed by atoms with E-state index in [1.165, 1.54) is 12.1 Å². The van der Waals surface area contributed by atoms with Crippen LogP contribution in [-0.2, 0) is 6.54 Å². The minimum absolute atomic E-state index is 0.00600. The third-order valence-corrected chi connectivity index (χ3v) is 4.02. The number of carboxylic acid groups (broad SMARTS) is 1. The summed E-state index contributed by atoms with van der Waals surface area (Å²) < 4.78 is 1.59. The summed E-state index contributed by atoms with van der Waals surface area (Å²) in [4.78, 5) is 27.9. The van der Waals surface area contributed by atoms with E-state index in [4.69, 9.17) is 16.7 Å². The predicted molar refractivity (Wildman–Crippen MR) is 81.3 cm³/mol. The van der Waals surface area contributed by atoms with Gasteiger partial charge in [0.25, 0.3) is 5.56 Å². The zero-order valence-electron chi connectivity index (χ0n) is 11.2. The van der Waals surface area contributed by atoms with Gasteiger partial charge in [-0.25, -0.2) is 9.78 Å². The van der Waals surface area contributed by atoms with Crippen molar-refractivity contribution in [2.75, 3.05) is 0 Å². The van der Waals surface area contributed by atoms with E-state index in [9.17, 15) is 9.59 Å². The first kappa shape index (κ1) is 15.6. The van der Waals surface area contributed by atoms with Crippen molar-refractivity contribution in [3.8, 4) is 0 Å². The van der Waals surface area contributed by atoms with Gasteiger partial charge in [-0.3, -0.25) is 4.79 Å². The molecule has 0 aliphatic rings. The van der Waals surface area contributed by atoms with Crippen molar-refractivity contribution in [3.63, 3.8) is 0 Å². The summed E-state index contributed by atoms with van der Waals surface area (Å²) in [6.45, 7) is 2.61. The van der Waals surface area contributed by atoms with Crippen LogP contribution in [0.25, 0.3) is 0 Å². The van der Waals surface area contributed by atoms with Crippen molar-refractivity contribution in [3.05, 3.63) is 51.5 Å². The molecule has 0 spiro atoms. The first-order chi connectivity index (χ1) is 10.0. The van der Waals surface area contributed by atoms with Crippen LogP contribution in [0.5, 0.6) is 0 Å². The molecule has 0 radical (unpaired) electrons. The zero-order valence-corrected chi connectivity index (χ0v) is 12.8. The van der Waals surface area contributed by atoms with Gasteiger partial charge in [-0.2, -0.15) is 0 Å². The number of hydrogen-bond donors (Lipinski definition) is 1. The number of benzene rings is 1. The minimum Gasteiger partial charge on any atom is -0.478 e. The Bertz CT molecular complexity index is 730. The lowest BCUT2D eigenvalue weighted by Crippen LogP contribution is -2.21. The lowest BCUT2D eigenvalue weighted by molar-refractivity contribution is 0.0697. The van der Waals surface area contributed by atoms with Crippen molar-refractivity contribution in [2.24, 2.45) is 0 Å². The Balaban J connectivity index is 2.35. The summed E-state index contributed by atoms with van der Waals surface area (Å²) in [6, 6.07) is 4.60. The molecule has 1 aromatic heterocycles. The summed E-state index contributed by atoms with van der Waals surface area (Å²) in [5, 5.41) is 9.52. The summed E-state index contributed by atoms with van der Waals surface area (Å²) in [7, 11) is 0. The summed E-state index contributed by atoms with van der Waals surface area (Å²) in [5.74, 6) is -1.10. The number of aromatic nitrogens is 2. The minimum atomic E-state index is -1.10. The van der Waals surface area contributed by atoms with Crippen molar-refractivity contribution < 1.29 is 9.90 Å². The van der Waals surface area contributed by atoms with Crippen LogP contribution in [0.1, 0.15) is 23.7 Å². The predicted octanol–water partition coefficient (Wildman–Crippen LogP) is 3.16. The fraction of sp³-hybridized carbons (Fsp3) is 0.214. The van der Waals surface area contributed by atoms with E-state index in [1.807, 2.05) is 6.92 Å². The summed E-state index contributed by atoms with van der Waals surface area (Å²) >= 11 is 6.95. The van der Waals surface area contributed by atoms with Crippen LogP contribution in [-0.4, -0.2) is 20.6 Å². The fourth-order valence-corrected chi connectivity index (χ4v) is 2.81. The Morgan fingerprint density at radius 3 is 2.90 bits per heavy atom. The summed E-state index contributed by atoms with van der Waals surface area (Å²) in [6.07, 6.45) is 4.05. The van der Waals surface area contributed by atoms with Crippen molar-refractivity contribution in [2.45, 2.75) is 29.8 Å². The van der Waals surface area contributed by atoms with E-state index in [-0.39, 0.29) is 16.1 Å². The zero-order chi connectivity index (χ0) is 15.4. The Morgan fingerprint density at radius 2 is 2.24 bits per heavy atom. The standard InChI is InChI=1S/C14H13ClN2O3S/c1-2-6-17-7-5-16-12(13(17)18)21-9-3-4-11(15)10(8-9)14(19)20/h3-5,7-8H,2,6H2,1H3,(H,19,20). The van der Waals surface area contributed by atoms with Gasteiger partial charge in [-0.1, -0.05) is 30.3 Å². The fourth-order valence-electron chi connectivity index (χ4n) is 1.76. The smallest absolute Gasteiger partial charge is 0.337 e. The van der Waals surface area contributed by atoms with E-state index in [0.29, 0.717) is 16.5 Å². The third-order valence-electron chi connectivity index (χ3n) is 2.73. The molecule has 1 aromatic carbocycles. The van der Waals surface area contributed by atoms with Crippen LogP contribution in [0.4, 0.5) is 0 Å². The number of carbonyl (C=O) groups is 1. The van der Waals surface area contributed by atoms with E-state index in [2.05, 4.69) is 4.98 Å². The molecule has 0 aliphatic carbocycles. The first-order valence-corrected chi connectivity index (χ1v) is 7.48. The van der Waals surface area contributed by atoms with Gasteiger partial charge in [-0.05, 0) is 24.6 Å². The molecule has 0 saturated heterocycles. The molecular weight excluding hydrogens is 312 g/mol. The molecule has 7 heteroatoms. The molecular formula is C14H13ClN2O3S. The molecule has 21 heavy (non-hydrogen) atoms. The van der Waals surface area contributed by atoms with Gasteiger partial charge < -0.3 is 9.67 Å². The topological polar surface area (TPSA) is 72.2 Å². The largest absolute Gasteiger partial charge is 0.478 e. The van der Waals surface area contributed by atoms with Crippen molar-refractivity contribution >= 4 is 29.3 Å². The Kier molecular flexibility index (Phi) is 5.03. The highest BCUT2D eigenvalue weighted by atomic mass is 35.5. The molecule has 0 atom stereocenters. The normalized spacial score (nSPS) is 10.6. The molecule has 1 N–H and O–H groups in total. The molecule has 2 rings (SSSR count). The van der Waals surface area contributed by atoms with Crippen LogP contribution >= 0.6 is 23.4 Å². The number of halogens is 1. The van der Waals surface area contributed by atoms with Crippen LogP contribution in [0.3, 0.4) is 0 Å². The second-order valence-electron chi connectivity index (χ2n) is 4.28. The van der Waals surface area contributed by atoms with Crippen LogP contribution in [0, 0.1) is 0 Å². The number of carboxylic acids is 1. The molecule has 0 unspecified atom stereocenters. The van der Waals surface area contributed by atoms with Crippen LogP contribution < -0.4 is 5.56 Å². The molecule has 0 aliphatic heterocycles. The first-order valence-electron chi connectivity index (χ1n) is 6.29. The van der Waals surface area contributed by atoms with Crippen LogP contribution in [0.2, 0.25) is 5.02 Å². The van der Waals surface area contributed by atoms with Gasteiger partial charge in [0.15, 0.2) is 5.03 Å². The molecule has 5 nitrogen and oxygen atoms in total. The van der Waals surface area contributed by atoms with Gasteiger partial charge in [0.2, 0.25) is 0 Å². The SMILES string of the molecule is CCCn1ccnc(Sc2ccc(Cl)c(C(=O)O)c2)c1=O. The molecule has 110 valence electrons. The van der Waals surface area contributed by atoms with E-state index >= 15 is 0 Å². The van der Waals surface area contributed by atoms with Crippen molar-refractivity contribution in [1.82, 2.24) is 9.55 Å². The average molecular weight is 325 g/mol. The molecule has 2 aromatic rings. The lowest BCUT2D eigenvalue weighted by Gasteiger charge is -2.06. The Morgan fingerprint density at radius 1 is 1.48 bits per heavy atom. The maximum Gasteiger partial charge on any atom is 0.337 e. The van der Waals surface area contributed by atoms with Crippen LogP contribution in [0.15, 0.2) is 45.3 Å². The second kappa shape index (κ2) is 6.78. The van der Waals surface area contributed by atoms with E-state index < -0.39 is 5.97 Å². The molecule has 0 fully saturated rings. The van der Waals surface area contributed by atoms with Gasteiger partial charge in [0.05, 0.1) is 10.6 Å². The second-order valence-corrected chi connectivity index (χ2v) is 5.75. The molecule has 0 amide bonds. The quantitative estimate of drug-likeness (QED) is 0.914. The molecule has 0 saturated carbocycles. The number of aryl methyl sites for hydroxylation is 1. The highest BCUT2D eigenvalue weighted by molar-refractivity contribution is 7.99. The van der Waals surface area contributed by atoms with Gasteiger partial charge in [-0.15, -0.1) is 0 Å². The highest BCUT2D eigenvalue weighted by Gasteiger charge is 2.12. The number of hydrogen-bond acceptors (Lipinski definition) is 4. The lowest BCUT2D eigenvalue weighted by atomic mass is 10.2. The Hall–Kier alpha value is -1.79. The van der Waals surface area contributed by atoms with Gasteiger partial charge in [0, 0.05) is 23.8 Å². The van der Waals surface area contributed by atoms with E-state index in [0.717, 1.165) is 18.2 Å². The molecule has 0 bridgehead atoms.